The predicted molar refractivity (Wildman–Crippen MR) is 155 cm³/mol. The molecule has 0 radical (unpaired) electrons. The molecule has 0 aromatic heterocycles. The van der Waals surface area contributed by atoms with Crippen LogP contribution in [0.4, 0.5) is 0 Å². The van der Waals surface area contributed by atoms with E-state index >= 15 is 0 Å². The molecular weight excluding hydrogens is 460 g/mol. The van der Waals surface area contributed by atoms with Crippen LogP contribution in [0.1, 0.15) is 13.8 Å². The van der Waals surface area contributed by atoms with Gasteiger partial charge in [-0.3, -0.25) is 0 Å². The Morgan fingerprint density at radius 1 is 0.500 bits per heavy atom. The van der Waals surface area contributed by atoms with E-state index in [4.69, 9.17) is 4.74 Å². The summed E-state index contributed by atoms with van der Waals surface area (Å²) < 4.78 is 4.83. The summed E-state index contributed by atoms with van der Waals surface area (Å²) in [6, 6.07) is 36.2. The maximum atomic E-state index is 12.1. The molecule has 6 aromatic carbocycles. The Morgan fingerprint density at radius 2 is 0.778 bits per heavy atom. The van der Waals surface area contributed by atoms with Gasteiger partial charge in [0.2, 0.25) is 0 Å². The fraction of sp³-hybridized carbons (Fsp3) is 0.125. The summed E-state index contributed by atoms with van der Waals surface area (Å²) in [5.41, 5.74) is 0. The van der Waals surface area contributed by atoms with Gasteiger partial charge in [0.05, 0.1) is 0 Å². The van der Waals surface area contributed by atoms with Gasteiger partial charge in [-0.1, -0.05) is 97.1 Å². The van der Waals surface area contributed by atoms with Crippen molar-refractivity contribution in [2.24, 2.45) is 0 Å². The average Bonchev–Trinajstić information content (AvgIpc) is 2.90. The van der Waals surface area contributed by atoms with E-state index in [0.717, 1.165) is 56.3 Å². The summed E-state index contributed by atoms with van der Waals surface area (Å²) in [6.07, 6.45) is 0. The van der Waals surface area contributed by atoms with E-state index in [1.165, 1.54) is 0 Å². The van der Waals surface area contributed by atoms with Crippen molar-refractivity contribution in [2.45, 2.75) is 13.8 Å². The third kappa shape index (κ3) is 4.29. The van der Waals surface area contributed by atoms with E-state index in [9.17, 15) is 9.59 Å². The Hall–Kier alpha value is -3.54. The van der Waals surface area contributed by atoms with E-state index in [2.05, 4.69) is 12.1 Å². The van der Waals surface area contributed by atoms with Gasteiger partial charge in [-0.25, -0.2) is 0 Å². The van der Waals surface area contributed by atoms with Crippen LogP contribution in [-0.4, -0.2) is 31.4 Å². The minimum Gasteiger partial charge on any atom is -0.404 e. The van der Waals surface area contributed by atoms with Gasteiger partial charge in [0.25, 0.3) is 0 Å². The van der Waals surface area contributed by atoms with Crippen molar-refractivity contribution in [3.05, 3.63) is 109 Å². The molecular formula is C32H30O3Si. The predicted octanol–water partition coefficient (Wildman–Crippen LogP) is 5.88. The zero-order valence-corrected chi connectivity index (χ0v) is 21.6. The smallest absolute Gasteiger partial charge is 0.404 e. The molecule has 4 heteroatoms. The molecule has 6 aromatic rings. The molecule has 180 valence electrons. The molecule has 0 saturated heterocycles. The Morgan fingerprint density at radius 3 is 1.03 bits per heavy atom. The van der Waals surface area contributed by atoms with Crippen LogP contribution >= 0.6 is 0 Å². The highest BCUT2D eigenvalue weighted by molar-refractivity contribution is 6.96. The summed E-state index contributed by atoms with van der Waals surface area (Å²) in [5.74, 6) is 0. The van der Waals surface area contributed by atoms with Crippen molar-refractivity contribution in [1.29, 1.82) is 0 Å². The van der Waals surface area contributed by atoms with Crippen molar-refractivity contribution in [3.63, 3.8) is 0 Å². The van der Waals surface area contributed by atoms with Gasteiger partial charge < -0.3 is 14.3 Å². The highest BCUT2D eigenvalue weighted by Crippen LogP contribution is 2.27. The summed E-state index contributed by atoms with van der Waals surface area (Å²) in [5, 5.41) is 8.96. The van der Waals surface area contributed by atoms with E-state index in [-0.39, 0.29) is 0 Å². The zero-order valence-electron chi connectivity index (χ0n) is 20.6. The van der Waals surface area contributed by atoms with Gasteiger partial charge in [0.1, 0.15) is 0 Å². The highest BCUT2D eigenvalue weighted by atomic mass is 28.4. The minimum absolute atomic E-state index is 0.655. The molecule has 0 aliphatic carbocycles. The summed E-state index contributed by atoms with van der Waals surface area (Å²) in [4.78, 5) is 24.3. The molecule has 6 rings (SSSR count). The summed E-state index contributed by atoms with van der Waals surface area (Å²) >= 11 is 0. The summed E-state index contributed by atoms with van der Waals surface area (Å²) in [7, 11) is -4.11. The van der Waals surface area contributed by atoms with Crippen molar-refractivity contribution < 1.29 is 14.3 Å². The molecule has 0 unspecified atom stereocenters. The molecule has 3 nitrogen and oxygen atoms in total. The molecule has 2 N–H and O–H groups in total. The van der Waals surface area contributed by atoms with Crippen LogP contribution in [0.5, 0.6) is 0 Å². The van der Waals surface area contributed by atoms with Gasteiger partial charge in [-0.2, -0.15) is 0 Å². The lowest BCUT2D eigenvalue weighted by Crippen LogP contribution is -2.60. The molecule has 0 bridgehead atoms. The second-order valence-corrected chi connectivity index (χ2v) is 11.2. The number of benzene rings is 6. The van der Waals surface area contributed by atoms with Crippen LogP contribution in [0.3, 0.4) is 0 Å². The Balaban J connectivity index is 0.000000489. The molecule has 0 atom stereocenters. The van der Waals surface area contributed by atoms with Crippen molar-refractivity contribution in [2.75, 3.05) is 13.2 Å². The standard InChI is InChI=1S/C28H20O2Si.C4H10O/c29-31(30,27-23-13-5-1-9-19(23)17-20-10-2-6-14-24(20)27)28-25-15-7-3-11-21(25)18-22-12-4-8-16-26(22)28;1-3-5-4-2/h1-18,29-30H;3-4H2,1-2H3. The second-order valence-electron chi connectivity index (χ2n) is 8.84. The van der Waals surface area contributed by atoms with Crippen LogP contribution in [0.2, 0.25) is 0 Å². The fourth-order valence-electron chi connectivity index (χ4n) is 5.11. The number of fused-ring (bicyclic) bond motifs is 4. The van der Waals surface area contributed by atoms with Crippen LogP contribution in [0, 0.1) is 0 Å². The van der Waals surface area contributed by atoms with Crippen molar-refractivity contribution in [1.82, 2.24) is 0 Å². The van der Waals surface area contributed by atoms with Crippen molar-refractivity contribution >= 4 is 62.0 Å². The lowest BCUT2D eigenvalue weighted by Gasteiger charge is -2.26. The fourth-order valence-corrected chi connectivity index (χ4v) is 7.77. The number of hydrogen-bond donors (Lipinski definition) is 2. The number of hydrogen-bond acceptors (Lipinski definition) is 3. The van der Waals surface area contributed by atoms with E-state index < -0.39 is 8.56 Å². The Labute approximate surface area is 212 Å². The van der Waals surface area contributed by atoms with E-state index in [0.29, 0.717) is 10.4 Å². The zero-order chi connectivity index (χ0) is 25.1. The SMILES string of the molecule is CCOCC.O[Si](O)(c1c2ccccc2cc2ccccc12)c1c2ccccc2cc2ccccc12. The van der Waals surface area contributed by atoms with Crippen LogP contribution in [-0.2, 0) is 4.74 Å². The van der Waals surface area contributed by atoms with Gasteiger partial charge in [-0.05, 0) is 69.1 Å². The summed E-state index contributed by atoms with van der Waals surface area (Å²) in [6.45, 7) is 5.67. The third-order valence-electron chi connectivity index (χ3n) is 6.65. The van der Waals surface area contributed by atoms with Gasteiger partial charge in [0, 0.05) is 23.6 Å². The molecule has 0 aliphatic rings. The van der Waals surface area contributed by atoms with Crippen molar-refractivity contribution in [3.8, 4) is 0 Å². The maximum Gasteiger partial charge on any atom is 0.404 e. The molecule has 0 fully saturated rings. The van der Waals surface area contributed by atoms with E-state index in [1.807, 2.05) is 111 Å². The largest absolute Gasteiger partial charge is 0.404 e. The first-order chi connectivity index (χ1) is 17.6. The number of rotatable bonds is 4. The van der Waals surface area contributed by atoms with Crippen LogP contribution in [0.25, 0.3) is 43.1 Å². The molecule has 36 heavy (non-hydrogen) atoms. The molecule has 0 spiro atoms. The lowest BCUT2D eigenvalue weighted by molar-refractivity contribution is 0.162. The normalized spacial score (nSPS) is 11.7. The average molecular weight is 491 g/mol. The first kappa shape index (κ1) is 24.2. The first-order valence-electron chi connectivity index (χ1n) is 12.4. The van der Waals surface area contributed by atoms with E-state index in [1.54, 1.807) is 0 Å². The minimum atomic E-state index is -4.11. The third-order valence-corrected chi connectivity index (χ3v) is 9.12. The van der Waals surface area contributed by atoms with Gasteiger partial charge in [0.15, 0.2) is 0 Å². The molecule has 0 amide bonds. The first-order valence-corrected chi connectivity index (χ1v) is 14.3. The molecule has 0 aliphatic heterocycles. The second kappa shape index (κ2) is 10.2. The molecule has 0 saturated carbocycles. The van der Waals surface area contributed by atoms with Gasteiger partial charge in [-0.15, -0.1) is 0 Å². The van der Waals surface area contributed by atoms with Crippen LogP contribution in [0.15, 0.2) is 109 Å². The highest BCUT2D eigenvalue weighted by Gasteiger charge is 2.40. The van der Waals surface area contributed by atoms with Gasteiger partial charge >= 0.3 is 8.56 Å². The Kier molecular flexibility index (Phi) is 6.85. The Bertz CT molecular complexity index is 1440. The number of ether oxygens (including phenoxy) is 1. The maximum absolute atomic E-state index is 12.1. The topological polar surface area (TPSA) is 49.7 Å². The quantitative estimate of drug-likeness (QED) is 0.240. The lowest BCUT2D eigenvalue weighted by atomic mass is 10.0. The monoisotopic (exact) mass is 490 g/mol. The van der Waals surface area contributed by atoms with Crippen LogP contribution < -0.4 is 10.4 Å². The molecule has 0 heterocycles.